The topological polar surface area (TPSA) is 55.4 Å². The first-order valence-corrected chi connectivity index (χ1v) is 10.4. The minimum atomic E-state index is -0.810. The molecule has 1 amide bonds. The number of fused-ring (bicyclic) bond motifs is 2. The second-order valence-corrected chi connectivity index (χ2v) is 7.98. The van der Waals surface area contributed by atoms with Crippen molar-refractivity contribution in [2.45, 2.75) is 12.5 Å². The number of benzene rings is 4. The third-order valence-corrected chi connectivity index (χ3v) is 5.66. The minimum Gasteiger partial charge on any atom is -0.467 e. The number of nitrogens with one attached hydrogen (secondary N) is 1. The van der Waals surface area contributed by atoms with Gasteiger partial charge in [0.05, 0.1) is 7.11 Å². The highest BCUT2D eigenvalue weighted by atomic mass is 79.9. The molecular weight excluding hydrogens is 442 g/mol. The van der Waals surface area contributed by atoms with Gasteiger partial charge in [0, 0.05) is 16.5 Å². The Hall–Kier alpha value is -3.18. The van der Waals surface area contributed by atoms with Crippen molar-refractivity contribution in [3.63, 3.8) is 0 Å². The van der Waals surface area contributed by atoms with E-state index in [0.717, 1.165) is 31.6 Å². The molecule has 4 aromatic carbocycles. The van der Waals surface area contributed by atoms with Gasteiger partial charge in [-0.25, -0.2) is 4.79 Å². The molecular formula is C25H20BrNO3. The minimum absolute atomic E-state index is 0.323. The van der Waals surface area contributed by atoms with Gasteiger partial charge in [0.15, 0.2) is 0 Å². The Morgan fingerprint density at radius 1 is 0.900 bits per heavy atom. The molecule has 150 valence electrons. The number of rotatable bonds is 5. The van der Waals surface area contributed by atoms with E-state index in [1.54, 1.807) is 18.2 Å². The first-order valence-electron chi connectivity index (χ1n) is 9.60. The molecule has 4 rings (SSSR count). The largest absolute Gasteiger partial charge is 0.467 e. The Balaban J connectivity index is 1.75. The standard InChI is InChI=1S/C25H20BrNO3/c1-30-25(29)23(27-24(28)18-9-6-10-19(26)14-18)15-22-20-11-4-2-7-16(20)13-17-8-3-5-12-21(17)22/h2-14,23H,15H2,1H3,(H,27,28)/t23-/m0/s1. The van der Waals surface area contributed by atoms with Crippen LogP contribution in [0.2, 0.25) is 0 Å². The third-order valence-electron chi connectivity index (χ3n) is 5.17. The van der Waals surface area contributed by atoms with Gasteiger partial charge < -0.3 is 10.1 Å². The third kappa shape index (κ3) is 4.07. The Morgan fingerprint density at radius 2 is 1.53 bits per heavy atom. The van der Waals surface area contributed by atoms with Crippen molar-refractivity contribution in [1.29, 1.82) is 0 Å². The average Bonchev–Trinajstić information content (AvgIpc) is 2.77. The van der Waals surface area contributed by atoms with Gasteiger partial charge in [-0.3, -0.25) is 4.79 Å². The summed E-state index contributed by atoms with van der Waals surface area (Å²) in [6.45, 7) is 0. The summed E-state index contributed by atoms with van der Waals surface area (Å²) in [5.74, 6) is -0.799. The number of carbonyl (C=O) groups excluding carboxylic acids is 2. The molecule has 0 aromatic heterocycles. The summed E-state index contributed by atoms with van der Waals surface area (Å²) >= 11 is 3.38. The molecule has 30 heavy (non-hydrogen) atoms. The van der Waals surface area contributed by atoms with E-state index in [9.17, 15) is 9.59 Å². The first-order chi connectivity index (χ1) is 14.6. The lowest BCUT2D eigenvalue weighted by Gasteiger charge is -2.19. The van der Waals surface area contributed by atoms with E-state index in [-0.39, 0.29) is 5.91 Å². The Kier molecular flexibility index (Phi) is 5.81. The molecule has 4 nitrogen and oxygen atoms in total. The lowest BCUT2D eigenvalue weighted by atomic mass is 9.92. The monoisotopic (exact) mass is 461 g/mol. The van der Waals surface area contributed by atoms with Crippen molar-refractivity contribution >= 4 is 49.4 Å². The zero-order chi connectivity index (χ0) is 21.1. The number of ether oxygens (including phenoxy) is 1. The summed E-state index contributed by atoms with van der Waals surface area (Å²) in [6.07, 6.45) is 0.328. The maximum atomic E-state index is 12.8. The summed E-state index contributed by atoms with van der Waals surface area (Å²) in [5.41, 5.74) is 1.48. The predicted molar refractivity (Wildman–Crippen MR) is 123 cm³/mol. The van der Waals surface area contributed by atoms with Crippen LogP contribution in [0, 0.1) is 0 Å². The molecule has 0 bridgehead atoms. The summed E-state index contributed by atoms with van der Waals surface area (Å²) in [7, 11) is 1.34. The van der Waals surface area contributed by atoms with E-state index >= 15 is 0 Å². The van der Waals surface area contributed by atoms with Gasteiger partial charge >= 0.3 is 5.97 Å². The van der Waals surface area contributed by atoms with Crippen LogP contribution in [0.4, 0.5) is 0 Å². The molecule has 0 fully saturated rings. The van der Waals surface area contributed by atoms with Gasteiger partial charge in [0.2, 0.25) is 0 Å². The number of carbonyl (C=O) groups is 2. The van der Waals surface area contributed by atoms with E-state index in [4.69, 9.17) is 4.74 Å². The first kappa shape index (κ1) is 20.1. The molecule has 0 aliphatic carbocycles. The van der Waals surface area contributed by atoms with Crippen LogP contribution in [-0.4, -0.2) is 25.0 Å². The smallest absolute Gasteiger partial charge is 0.328 e. The Bertz CT molecular complexity index is 1200. The van der Waals surface area contributed by atoms with E-state index in [2.05, 4.69) is 39.4 Å². The zero-order valence-corrected chi connectivity index (χ0v) is 18.0. The van der Waals surface area contributed by atoms with Crippen molar-refractivity contribution in [1.82, 2.24) is 5.32 Å². The van der Waals surface area contributed by atoms with Crippen LogP contribution in [-0.2, 0) is 16.0 Å². The van der Waals surface area contributed by atoms with Crippen LogP contribution in [0.15, 0.2) is 83.3 Å². The van der Waals surface area contributed by atoms with Crippen molar-refractivity contribution in [2.75, 3.05) is 7.11 Å². The molecule has 1 N–H and O–H groups in total. The average molecular weight is 462 g/mol. The molecule has 0 aliphatic heterocycles. The van der Waals surface area contributed by atoms with Crippen molar-refractivity contribution in [2.24, 2.45) is 0 Å². The molecule has 0 saturated heterocycles. The lowest BCUT2D eigenvalue weighted by Crippen LogP contribution is -2.43. The normalized spacial score (nSPS) is 11.9. The number of hydrogen-bond donors (Lipinski definition) is 1. The molecule has 0 spiro atoms. The number of halogens is 1. The summed E-state index contributed by atoms with van der Waals surface area (Å²) in [5, 5.41) is 7.15. The molecule has 0 radical (unpaired) electrons. The molecule has 0 unspecified atom stereocenters. The summed E-state index contributed by atoms with van der Waals surface area (Å²) < 4.78 is 5.80. The predicted octanol–water partition coefficient (Wildman–Crippen LogP) is 5.27. The molecule has 4 aromatic rings. The Labute approximate surface area is 183 Å². The van der Waals surface area contributed by atoms with Gasteiger partial charge in [-0.15, -0.1) is 0 Å². The van der Waals surface area contributed by atoms with Crippen LogP contribution < -0.4 is 5.32 Å². The van der Waals surface area contributed by atoms with Crippen LogP contribution in [0.5, 0.6) is 0 Å². The summed E-state index contributed by atoms with van der Waals surface area (Å²) in [4.78, 5) is 25.4. The number of amides is 1. The molecule has 1 atom stereocenters. The second kappa shape index (κ2) is 8.67. The molecule has 0 heterocycles. The number of hydrogen-bond acceptors (Lipinski definition) is 3. The highest BCUT2D eigenvalue weighted by molar-refractivity contribution is 9.10. The highest BCUT2D eigenvalue weighted by Gasteiger charge is 2.24. The van der Waals surface area contributed by atoms with Crippen molar-refractivity contribution in [3.05, 3.63) is 94.5 Å². The number of methoxy groups -OCH3 is 1. The Morgan fingerprint density at radius 3 is 2.13 bits per heavy atom. The fourth-order valence-electron chi connectivity index (χ4n) is 3.74. The van der Waals surface area contributed by atoms with Crippen molar-refractivity contribution in [3.8, 4) is 0 Å². The number of esters is 1. The maximum Gasteiger partial charge on any atom is 0.328 e. The van der Waals surface area contributed by atoms with Crippen LogP contribution >= 0.6 is 15.9 Å². The highest BCUT2D eigenvalue weighted by Crippen LogP contribution is 2.29. The van der Waals surface area contributed by atoms with E-state index in [1.807, 2.05) is 42.5 Å². The van der Waals surface area contributed by atoms with Gasteiger partial charge in [-0.2, -0.15) is 0 Å². The molecule has 0 aliphatic rings. The van der Waals surface area contributed by atoms with Gasteiger partial charge in [-0.1, -0.05) is 70.5 Å². The van der Waals surface area contributed by atoms with Crippen LogP contribution in [0.25, 0.3) is 21.5 Å². The van der Waals surface area contributed by atoms with Crippen LogP contribution in [0.1, 0.15) is 15.9 Å². The SMILES string of the molecule is COC(=O)[C@H](Cc1c2ccccc2cc2ccccc12)NC(=O)c1cccc(Br)c1. The molecule has 5 heteroatoms. The van der Waals surface area contributed by atoms with Gasteiger partial charge in [0.1, 0.15) is 6.04 Å². The van der Waals surface area contributed by atoms with E-state index < -0.39 is 12.0 Å². The summed E-state index contributed by atoms with van der Waals surface area (Å²) in [6, 6.07) is 24.5. The van der Waals surface area contributed by atoms with Crippen LogP contribution in [0.3, 0.4) is 0 Å². The van der Waals surface area contributed by atoms with E-state index in [1.165, 1.54) is 7.11 Å². The zero-order valence-electron chi connectivity index (χ0n) is 16.4. The van der Waals surface area contributed by atoms with Gasteiger partial charge in [0.25, 0.3) is 5.91 Å². The van der Waals surface area contributed by atoms with Crippen molar-refractivity contribution < 1.29 is 14.3 Å². The maximum absolute atomic E-state index is 12.8. The quantitative estimate of drug-likeness (QED) is 0.325. The second-order valence-electron chi connectivity index (χ2n) is 7.06. The fourth-order valence-corrected chi connectivity index (χ4v) is 4.14. The molecule has 0 saturated carbocycles. The lowest BCUT2D eigenvalue weighted by molar-refractivity contribution is -0.142. The van der Waals surface area contributed by atoms with E-state index in [0.29, 0.717) is 12.0 Å². The van der Waals surface area contributed by atoms with Gasteiger partial charge in [-0.05, 0) is 51.4 Å². The fraction of sp³-hybridized carbons (Fsp3) is 0.120.